The van der Waals surface area contributed by atoms with Crippen molar-refractivity contribution in [2.75, 3.05) is 13.2 Å². The topological polar surface area (TPSA) is 18.5 Å². The summed E-state index contributed by atoms with van der Waals surface area (Å²) in [4.78, 5) is 0. The molecule has 2 heterocycles. The highest BCUT2D eigenvalue weighted by molar-refractivity contribution is 7.19. The van der Waals surface area contributed by atoms with E-state index < -0.39 is 0 Å². The van der Waals surface area contributed by atoms with Crippen molar-refractivity contribution in [1.29, 1.82) is 0 Å². The standard InChI is InChI=1S/C50H86O2S2/c1-5-9-13-17-21-23-27-31-35-43(33-29-25-19-15-11-7-3)41-51-47-45-37-39-54-50(45)48(46-38-40-53-49(46)47)52-42-44(34-30-26-20-16-12-8-4)36-32-28-24-22-18-14-10-6-2/h37-40,43-44H,5-36,41-42H2,1-4H3. The zero-order valence-corrected chi connectivity index (χ0v) is 37.8. The average molecular weight is 783 g/mol. The van der Waals surface area contributed by atoms with Crippen molar-refractivity contribution in [3.8, 4) is 11.5 Å². The molecule has 2 nitrogen and oxygen atoms in total. The molecule has 0 saturated heterocycles. The van der Waals surface area contributed by atoms with Gasteiger partial charge in [0.05, 0.1) is 22.6 Å². The molecule has 0 fully saturated rings. The van der Waals surface area contributed by atoms with E-state index in [1.165, 1.54) is 226 Å². The molecule has 0 aliphatic heterocycles. The predicted molar refractivity (Wildman–Crippen MR) is 246 cm³/mol. The van der Waals surface area contributed by atoms with E-state index in [9.17, 15) is 0 Å². The number of benzene rings is 1. The first-order chi connectivity index (χ1) is 26.7. The first kappa shape index (κ1) is 47.1. The number of hydrogen-bond acceptors (Lipinski definition) is 4. The third-order valence-corrected chi connectivity index (χ3v) is 13.8. The monoisotopic (exact) mass is 783 g/mol. The summed E-state index contributed by atoms with van der Waals surface area (Å²) in [7, 11) is 0. The fourth-order valence-corrected chi connectivity index (χ4v) is 10.3. The summed E-state index contributed by atoms with van der Waals surface area (Å²) < 4.78 is 16.5. The Labute approximate surface area is 343 Å². The van der Waals surface area contributed by atoms with Gasteiger partial charge in [-0.15, -0.1) is 22.7 Å². The quantitative estimate of drug-likeness (QED) is 0.0539. The van der Waals surface area contributed by atoms with E-state index >= 15 is 0 Å². The predicted octanol–water partition coefficient (Wildman–Crippen LogP) is 18.7. The Morgan fingerprint density at radius 1 is 0.370 bits per heavy atom. The van der Waals surface area contributed by atoms with Crippen molar-refractivity contribution in [2.24, 2.45) is 11.8 Å². The van der Waals surface area contributed by atoms with Gasteiger partial charge in [-0.25, -0.2) is 0 Å². The Balaban J connectivity index is 1.63. The third-order valence-electron chi connectivity index (χ3n) is 12.0. The van der Waals surface area contributed by atoms with E-state index in [2.05, 4.69) is 50.6 Å². The summed E-state index contributed by atoms with van der Waals surface area (Å²) in [5, 5.41) is 7.06. The van der Waals surface area contributed by atoms with Gasteiger partial charge in [-0.1, -0.05) is 207 Å². The maximum atomic E-state index is 6.97. The number of hydrogen-bond donors (Lipinski definition) is 0. The van der Waals surface area contributed by atoms with Gasteiger partial charge in [0.25, 0.3) is 0 Å². The molecule has 0 N–H and O–H groups in total. The fraction of sp³-hybridized carbons (Fsp3) is 0.800. The Hall–Kier alpha value is -1.26. The van der Waals surface area contributed by atoms with Crippen LogP contribution in [0.15, 0.2) is 22.9 Å². The van der Waals surface area contributed by atoms with Gasteiger partial charge < -0.3 is 9.47 Å². The molecule has 0 amide bonds. The molecule has 0 aliphatic carbocycles. The van der Waals surface area contributed by atoms with Gasteiger partial charge in [-0.05, 0) is 60.4 Å². The molecule has 4 heteroatoms. The van der Waals surface area contributed by atoms with Crippen molar-refractivity contribution in [3.63, 3.8) is 0 Å². The van der Waals surface area contributed by atoms with Gasteiger partial charge in [-0.2, -0.15) is 0 Å². The maximum absolute atomic E-state index is 6.97. The van der Waals surface area contributed by atoms with Crippen LogP contribution >= 0.6 is 22.7 Å². The van der Waals surface area contributed by atoms with Crippen molar-refractivity contribution in [2.45, 2.75) is 233 Å². The number of thiophene rings is 2. The lowest BCUT2D eigenvalue weighted by atomic mass is 9.94. The van der Waals surface area contributed by atoms with Gasteiger partial charge in [0, 0.05) is 10.8 Å². The van der Waals surface area contributed by atoms with E-state index in [0.29, 0.717) is 11.8 Å². The lowest BCUT2D eigenvalue weighted by Gasteiger charge is -2.21. The van der Waals surface area contributed by atoms with Gasteiger partial charge >= 0.3 is 0 Å². The van der Waals surface area contributed by atoms with E-state index in [1.54, 1.807) is 0 Å². The van der Waals surface area contributed by atoms with Gasteiger partial charge in [-0.3, -0.25) is 0 Å². The highest BCUT2D eigenvalue weighted by Gasteiger charge is 2.21. The van der Waals surface area contributed by atoms with Gasteiger partial charge in [0.15, 0.2) is 0 Å². The minimum absolute atomic E-state index is 0.648. The lowest BCUT2D eigenvalue weighted by molar-refractivity contribution is 0.225. The van der Waals surface area contributed by atoms with Crippen LogP contribution in [-0.4, -0.2) is 13.2 Å². The van der Waals surface area contributed by atoms with Gasteiger partial charge in [0.1, 0.15) is 11.5 Å². The Morgan fingerprint density at radius 2 is 0.630 bits per heavy atom. The molecule has 2 atom stereocenters. The van der Waals surface area contributed by atoms with Crippen LogP contribution in [0.3, 0.4) is 0 Å². The molecule has 2 aromatic heterocycles. The molecule has 310 valence electrons. The van der Waals surface area contributed by atoms with Crippen LogP contribution < -0.4 is 9.47 Å². The summed E-state index contributed by atoms with van der Waals surface area (Å²) in [5.74, 6) is 3.54. The van der Waals surface area contributed by atoms with Crippen LogP contribution in [0.2, 0.25) is 0 Å². The molecular weight excluding hydrogens is 697 g/mol. The summed E-state index contributed by atoms with van der Waals surface area (Å²) in [6, 6.07) is 4.61. The van der Waals surface area contributed by atoms with Crippen LogP contribution in [0.5, 0.6) is 11.5 Å². The molecule has 0 radical (unpaired) electrons. The highest BCUT2D eigenvalue weighted by Crippen LogP contribution is 2.48. The van der Waals surface area contributed by atoms with Crippen LogP contribution in [-0.2, 0) is 0 Å². The largest absolute Gasteiger partial charge is 0.491 e. The lowest BCUT2D eigenvalue weighted by Crippen LogP contribution is -2.14. The number of unbranched alkanes of at least 4 members (excludes halogenated alkanes) is 24. The van der Waals surface area contributed by atoms with Crippen LogP contribution in [0.25, 0.3) is 20.2 Å². The third kappa shape index (κ3) is 19.3. The Morgan fingerprint density at radius 3 is 0.907 bits per heavy atom. The number of rotatable bonds is 38. The number of fused-ring (bicyclic) bond motifs is 2. The zero-order valence-electron chi connectivity index (χ0n) is 36.1. The molecule has 0 spiro atoms. The van der Waals surface area contributed by atoms with E-state index in [4.69, 9.17) is 9.47 Å². The second-order valence-corrected chi connectivity index (χ2v) is 18.8. The van der Waals surface area contributed by atoms with Crippen molar-refractivity contribution in [1.82, 2.24) is 0 Å². The van der Waals surface area contributed by atoms with E-state index in [1.807, 2.05) is 22.7 Å². The van der Waals surface area contributed by atoms with Crippen LogP contribution in [0.4, 0.5) is 0 Å². The second kappa shape index (κ2) is 31.8. The Bertz CT molecular complexity index is 1130. The number of ether oxygens (including phenoxy) is 2. The van der Waals surface area contributed by atoms with E-state index in [0.717, 1.165) is 24.7 Å². The fourth-order valence-electron chi connectivity index (χ4n) is 8.44. The average Bonchev–Trinajstić information content (AvgIpc) is 3.88. The summed E-state index contributed by atoms with van der Waals surface area (Å²) >= 11 is 3.69. The molecule has 3 aromatic rings. The molecule has 54 heavy (non-hydrogen) atoms. The molecule has 2 unspecified atom stereocenters. The SMILES string of the molecule is CCCCCCCCCCC(CCCCCCCC)COc1c2ccsc2c(OCC(CCCCCCCC)CCCCCCCCCC)c2ccsc12. The van der Waals surface area contributed by atoms with Crippen molar-refractivity contribution >= 4 is 42.8 Å². The smallest absolute Gasteiger partial charge is 0.146 e. The molecule has 0 aliphatic rings. The molecule has 0 saturated carbocycles. The van der Waals surface area contributed by atoms with Crippen LogP contribution in [0.1, 0.15) is 233 Å². The first-order valence-corrected chi connectivity index (χ1v) is 25.6. The Kier molecular flexibility index (Phi) is 27.7. The summed E-state index contributed by atoms with van der Waals surface area (Å²) in [5.41, 5.74) is 0. The summed E-state index contributed by atoms with van der Waals surface area (Å²) in [6.07, 6.45) is 44.0. The maximum Gasteiger partial charge on any atom is 0.146 e. The minimum atomic E-state index is 0.648. The molecule has 3 rings (SSSR count). The molecule has 0 bridgehead atoms. The zero-order chi connectivity index (χ0) is 38.3. The summed E-state index contributed by atoms with van der Waals surface area (Å²) in [6.45, 7) is 11.0. The van der Waals surface area contributed by atoms with Crippen molar-refractivity contribution in [3.05, 3.63) is 22.9 Å². The normalized spacial score (nSPS) is 13.0. The van der Waals surface area contributed by atoms with Gasteiger partial charge in [0.2, 0.25) is 0 Å². The molecular formula is C50H86O2S2. The highest BCUT2D eigenvalue weighted by atomic mass is 32.1. The second-order valence-electron chi connectivity index (χ2n) is 17.0. The first-order valence-electron chi connectivity index (χ1n) is 23.9. The minimum Gasteiger partial charge on any atom is -0.491 e. The van der Waals surface area contributed by atoms with Crippen molar-refractivity contribution < 1.29 is 9.47 Å². The van der Waals surface area contributed by atoms with E-state index in [-0.39, 0.29) is 0 Å². The molecule has 1 aromatic carbocycles. The van der Waals surface area contributed by atoms with Crippen LogP contribution in [0, 0.1) is 11.8 Å².